The number of carbonyl (C=O) groups is 2. The topological polar surface area (TPSA) is 84.2 Å². The number of benzene rings is 1. The van der Waals surface area contributed by atoms with Gasteiger partial charge >= 0.3 is 5.97 Å². The number of carboxylic acid groups (broad SMARTS) is 1. The third-order valence-electron chi connectivity index (χ3n) is 4.10. The predicted molar refractivity (Wildman–Crippen MR) is 80.7 cm³/mol. The Balaban J connectivity index is 1.73. The van der Waals surface area contributed by atoms with Gasteiger partial charge in [-0.15, -0.1) is 0 Å². The molecule has 1 fully saturated rings. The van der Waals surface area contributed by atoms with Crippen LogP contribution >= 0.6 is 0 Å². The molecule has 1 aromatic heterocycles. The fraction of sp³-hybridized carbons (Fsp3) is 0.312. The summed E-state index contributed by atoms with van der Waals surface area (Å²) in [6.07, 6.45) is 4.36. The fourth-order valence-corrected chi connectivity index (χ4v) is 2.66. The van der Waals surface area contributed by atoms with Crippen LogP contribution in [-0.4, -0.2) is 26.8 Å². The molecular formula is C16H16FN3O3. The van der Waals surface area contributed by atoms with Crippen molar-refractivity contribution >= 4 is 17.6 Å². The molecule has 23 heavy (non-hydrogen) atoms. The van der Waals surface area contributed by atoms with Gasteiger partial charge in [-0.3, -0.25) is 9.59 Å². The van der Waals surface area contributed by atoms with Crippen molar-refractivity contribution in [3.63, 3.8) is 0 Å². The zero-order valence-electron chi connectivity index (χ0n) is 12.5. The maximum Gasteiger partial charge on any atom is 0.307 e. The first-order valence-corrected chi connectivity index (χ1v) is 7.30. The third-order valence-corrected chi connectivity index (χ3v) is 4.10. The molecular weight excluding hydrogens is 301 g/mol. The summed E-state index contributed by atoms with van der Waals surface area (Å²) in [5.41, 5.74) is 1.49. The lowest BCUT2D eigenvalue weighted by Gasteiger charge is -2.31. The number of rotatable bonds is 4. The van der Waals surface area contributed by atoms with Crippen LogP contribution in [0.25, 0.3) is 5.69 Å². The van der Waals surface area contributed by atoms with Crippen LogP contribution in [0.2, 0.25) is 0 Å². The molecule has 1 aliphatic carbocycles. The average molecular weight is 317 g/mol. The first-order valence-electron chi connectivity index (χ1n) is 7.30. The molecule has 0 bridgehead atoms. The number of aromatic nitrogens is 2. The quantitative estimate of drug-likeness (QED) is 0.906. The largest absolute Gasteiger partial charge is 0.481 e. The molecule has 0 radical (unpaired) electrons. The van der Waals surface area contributed by atoms with Crippen LogP contribution in [0.5, 0.6) is 0 Å². The molecule has 1 aliphatic rings. The molecule has 1 aromatic carbocycles. The maximum atomic E-state index is 14.2. The van der Waals surface area contributed by atoms with Gasteiger partial charge in [-0.25, -0.2) is 9.07 Å². The van der Waals surface area contributed by atoms with E-state index in [-0.39, 0.29) is 11.6 Å². The van der Waals surface area contributed by atoms with E-state index >= 15 is 0 Å². The number of carbonyl (C=O) groups excluding carboxylic acids is 1. The standard InChI is InChI=1S/C16H16FN3O3/c1-9-7-18-20(8-9)14-5-2-10(6-13(14)17)19-15(21)11-3-4-12(11)16(22)23/h2,5-8,11-12H,3-4H2,1H3,(H,19,21)(H,22,23). The van der Waals surface area contributed by atoms with Gasteiger partial charge in [-0.2, -0.15) is 5.10 Å². The molecule has 1 heterocycles. The molecule has 6 nitrogen and oxygen atoms in total. The average Bonchev–Trinajstić information content (AvgIpc) is 2.83. The smallest absolute Gasteiger partial charge is 0.307 e. The van der Waals surface area contributed by atoms with Gasteiger partial charge in [0, 0.05) is 11.9 Å². The molecule has 2 N–H and O–H groups in total. The lowest BCUT2D eigenvalue weighted by atomic mass is 9.73. The van der Waals surface area contributed by atoms with Crippen LogP contribution in [0, 0.1) is 24.6 Å². The number of carboxylic acids is 1. The lowest BCUT2D eigenvalue weighted by Crippen LogP contribution is -2.41. The molecule has 0 saturated heterocycles. The SMILES string of the molecule is Cc1cnn(-c2ccc(NC(=O)C3CCC3C(=O)O)cc2F)c1. The highest BCUT2D eigenvalue weighted by atomic mass is 19.1. The van der Waals surface area contributed by atoms with Crippen LogP contribution in [-0.2, 0) is 9.59 Å². The molecule has 2 aromatic rings. The molecule has 120 valence electrons. The lowest BCUT2D eigenvalue weighted by molar-refractivity contribution is -0.151. The molecule has 0 aliphatic heterocycles. The Bertz CT molecular complexity index is 772. The fourth-order valence-electron chi connectivity index (χ4n) is 2.66. The van der Waals surface area contributed by atoms with Gasteiger partial charge in [0.15, 0.2) is 5.82 Å². The van der Waals surface area contributed by atoms with Crippen molar-refractivity contribution in [3.05, 3.63) is 42.0 Å². The minimum absolute atomic E-state index is 0.281. The van der Waals surface area contributed by atoms with E-state index in [1.54, 1.807) is 18.5 Å². The van der Waals surface area contributed by atoms with E-state index in [9.17, 15) is 14.0 Å². The Morgan fingerprint density at radius 1 is 1.35 bits per heavy atom. The number of nitrogens with zero attached hydrogens (tertiary/aromatic N) is 2. The number of hydrogen-bond acceptors (Lipinski definition) is 3. The Hall–Kier alpha value is -2.70. The molecule has 7 heteroatoms. The Kier molecular flexibility index (Phi) is 3.85. The summed E-state index contributed by atoms with van der Waals surface area (Å²) in [6, 6.07) is 4.30. The van der Waals surface area contributed by atoms with E-state index in [1.807, 2.05) is 6.92 Å². The number of anilines is 1. The first kappa shape index (κ1) is 15.2. The van der Waals surface area contributed by atoms with E-state index in [1.165, 1.54) is 16.8 Å². The highest BCUT2D eigenvalue weighted by Gasteiger charge is 2.41. The number of aliphatic carboxylic acids is 1. The van der Waals surface area contributed by atoms with E-state index in [0.29, 0.717) is 18.5 Å². The molecule has 2 atom stereocenters. The van der Waals surface area contributed by atoms with Crippen LogP contribution in [0.3, 0.4) is 0 Å². The second-order valence-electron chi connectivity index (χ2n) is 5.75. The van der Waals surface area contributed by atoms with Crippen molar-refractivity contribution in [1.82, 2.24) is 9.78 Å². The number of hydrogen-bond donors (Lipinski definition) is 2. The zero-order valence-corrected chi connectivity index (χ0v) is 12.5. The summed E-state index contributed by atoms with van der Waals surface area (Å²) in [4.78, 5) is 23.0. The van der Waals surface area contributed by atoms with Crippen molar-refractivity contribution in [2.45, 2.75) is 19.8 Å². The van der Waals surface area contributed by atoms with Crippen LogP contribution in [0.4, 0.5) is 10.1 Å². The molecule has 1 amide bonds. The minimum Gasteiger partial charge on any atom is -0.481 e. The normalized spacial score (nSPS) is 19.9. The van der Waals surface area contributed by atoms with Gasteiger partial charge in [0.05, 0.1) is 18.0 Å². The monoisotopic (exact) mass is 317 g/mol. The van der Waals surface area contributed by atoms with Crippen molar-refractivity contribution in [3.8, 4) is 5.69 Å². The Labute approximate surface area is 131 Å². The second-order valence-corrected chi connectivity index (χ2v) is 5.75. The van der Waals surface area contributed by atoms with Gasteiger partial charge < -0.3 is 10.4 Å². The van der Waals surface area contributed by atoms with Crippen LogP contribution in [0.1, 0.15) is 18.4 Å². The van der Waals surface area contributed by atoms with E-state index in [4.69, 9.17) is 5.11 Å². The third kappa shape index (κ3) is 2.94. The summed E-state index contributed by atoms with van der Waals surface area (Å²) in [5.74, 6) is -3.07. The summed E-state index contributed by atoms with van der Waals surface area (Å²) >= 11 is 0. The number of halogens is 1. The molecule has 1 saturated carbocycles. The van der Waals surface area contributed by atoms with Crippen molar-refractivity contribution in [2.24, 2.45) is 11.8 Å². The van der Waals surface area contributed by atoms with Gasteiger partial charge in [0.1, 0.15) is 5.69 Å². The number of nitrogens with one attached hydrogen (secondary N) is 1. The Morgan fingerprint density at radius 3 is 2.61 bits per heavy atom. The maximum absolute atomic E-state index is 14.2. The Morgan fingerprint density at radius 2 is 2.09 bits per heavy atom. The van der Waals surface area contributed by atoms with Gasteiger partial charge in [0.25, 0.3) is 0 Å². The first-order chi connectivity index (χ1) is 11.0. The molecule has 0 spiro atoms. The summed E-state index contributed by atoms with van der Waals surface area (Å²) in [5, 5.41) is 15.6. The summed E-state index contributed by atoms with van der Waals surface area (Å²) < 4.78 is 15.6. The summed E-state index contributed by atoms with van der Waals surface area (Å²) in [6.45, 7) is 1.85. The van der Waals surface area contributed by atoms with Gasteiger partial charge in [-0.05, 0) is 43.5 Å². The minimum atomic E-state index is -0.966. The highest BCUT2D eigenvalue weighted by molar-refractivity contribution is 5.96. The van der Waals surface area contributed by atoms with E-state index in [2.05, 4.69) is 10.4 Å². The zero-order chi connectivity index (χ0) is 16.6. The van der Waals surface area contributed by atoms with Gasteiger partial charge in [-0.1, -0.05) is 0 Å². The van der Waals surface area contributed by atoms with E-state index in [0.717, 1.165) is 5.56 Å². The number of amides is 1. The predicted octanol–water partition coefficient (Wildman–Crippen LogP) is 2.37. The van der Waals surface area contributed by atoms with Crippen molar-refractivity contribution < 1.29 is 19.1 Å². The highest BCUT2D eigenvalue weighted by Crippen LogP contribution is 2.35. The number of aryl methyl sites for hydroxylation is 1. The second kappa shape index (κ2) is 5.83. The van der Waals surface area contributed by atoms with Crippen molar-refractivity contribution in [1.29, 1.82) is 0 Å². The molecule has 2 unspecified atom stereocenters. The van der Waals surface area contributed by atoms with Gasteiger partial charge in [0.2, 0.25) is 5.91 Å². The van der Waals surface area contributed by atoms with Crippen LogP contribution in [0.15, 0.2) is 30.6 Å². The van der Waals surface area contributed by atoms with E-state index < -0.39 is 23.6 Å². The summed E-state index contributed by atoms with van der Waals surface area (Å²) in [7, 11) is 0. The molecule has 3 rings (SSSR count). The van der Waals surface area contributed by atoms with Crippen LogP contribution < -0.4 is 5.32 Å². The van der Waals surface area contributed by atoms with Crippen molar-refractivity contribution in [2.75, 3.05) is 5.32 Å².